The fraction of sp³-hybridized carbons (Fsp3) is 0.357. The lowest BCUT2D eigenvalue weighted by Crippen LogP contribution is -2.39. The molecule has 1 N–H and O–H groups in total. The molecule has 3 aromatic rings. The predicted molar refractivity (Wildman–Crippen MR) is 130 cm³/mol. The Morgan fingerprint density at radius 2 is 1.39 bits per heavy atom. The highest BCUT2D eigenvalue weighted by molar-refractivity contribution is 5.47. The summed E-state index contributed by atoms with van der Waals surface area (Å²) in [5, 5.41) is 3.64. The van der Waals surface area contributed by atoms with Gasteiger partial charge in [0.2, 0.25) is 0 Å². The molecule has 33 heavy (non-hydrogen) atoms. The topological polar surface area (TPSA) is 24.5 Å². The molecular weight excluding hydrogens is 418 g/mol. The Bertz CT molecular complexity index is 936. The summed E-state index contributed by atoms with van der Waals surface area (Å²) in [4.78, 5) is 2.53. The van der Waals surface area contributed by atoms with Crippen molar-refractivity contribution in [3.8, 4) is 5.75 Å². The van der Waals surface area contributed by atoms with E-state index in [1.165, 1.54) is 24.3 Å². The molecule has 0 aliphatic carbocycles. The Hall–Kier alpha value is -2.92. The van der Waals surface area contributed by atoms with E-state index in [1.807, 2.05) is 36.4 Å². The average molecular weight is 451 g/mol. The maximum absolute atomic E-state index is 13.4. The number of nitrogens with one attached hydrogen (secondary N) is 1. The lowest BCUT2D eigenvalue weighted by Gasteiger charge is -2.33. The highest BCUT2D eigenvalue weighted by atomic mass is 19.1. The van der Waals surface area contributed by atoms with Crippen LogP contribution in [0.3, 0.4) is 0 Å². The van der Waals surface area contributed by atoms with E-state index in [-0.39, 0.29) is 17.6 Å². The van der Waals surface area contributed by atoms with E-state index in [9.17, 15) is 8.78 Å². The SMILES string of the molecule is COc1ccc(NC2CCN(CCCC(c3ccc(F)cc3)c3ccc(F)cc3)CC2)cc1. The number of benzene rings is 3. The monoisotopic (exact) mass is 450 g/mol. The Balaban J connectivity index is 1.28. The van der Waals surface area contributed by atoms with E-state index in [2.05, 4.69) is 22.3 Å². The number of hydrogen-bond donors (Lipinski definition) is 1. The van der Waals surface area contributed by atoms with Gasteiger partial charge >= 0.3 is 0 Å². The van der Waals surface area contributed by atoms with Gasteiger partial charge in [-0.15, -0.1) is 0 Å². The van der Waals surface area contributed by atoms with Crippen molar-refractivity contribution in [1.82, 2.24) is 4.90 Å². The van der Waals surface area contributed by atoms with Crippen molar-refractivity contribution < 1.29 is 13.5 Å². The average Bonchev–Trinajstić information content (AvgIpc) is 2.85. The summed E-state index contributed by atoms with van der Waals surface area (Å²) in [6, 6.07) is 22.0. The molecule has 0 spiro atoms. The number of ether oxygens (including phenoxy) is 1. The summed E-state index contributed by atoms with van der Waals surface area (Å²) in [6.45, 7) is 3.19. The van der Waals surface area contributed by atoms with E-state index in [0.29, 0.717) is 6.04 Å². The number of rotatable bonds is 9. The van der Waals surface area contributed by atoms with E-state index in [1.54, 1.807) is 7.11 Å². The first-order chi connectivity index (χ1) is 16.1. The zero-order valence-electron chi connectivity index (χ0n) is 19.1. The van der Waals surface area contributed by atoms with Gasteiger partial charge in [0.15, 0.2) is 0 Å². The molecule has 0 atom stereocenters. The van der Waals surface area contributed by atoms with Crippen LogP contribution in [0.1, 0.15) is 42.7 Å². The Labute approximate surface area is 195 Å². The first-order valence-corrected chi connectivity index (χ1v) is 11.7. The quantitative estimate of drug-likeness (QED) is 0.405. The van der Waals surface area contributed by atoms with Crippen LogP contribution in [-0.4, -0.2) is 37.7 Å². The van der Waals surface area contributed by atoms with Gasteiger partial charge < -0.3 is 15.0 Å². The molecule has 1 saturated heterocycles. The van der Waals surface area contributed by atoms with Crippen LogP contribution < -0.4 is 10.1 Å². The minimum Gasteiger partial charge on any atom is -0.497 e. The summed E-state index contributed by atoms with van der Waals surface area (Å²) < 4.78 is 32.1. The van der Waals surface area contributed by atoms with Gasteiger partial charge in [0.25, 0.3) is 0 Å². The minimum atomic E-state index is -0.234. The van der Waals surface area contributed by atoms with Gasteiger partial charge in [-0.2, -0.15) is 0 Å². The van der Waals surface area contributed by atoms with Gasteiger partial charge in [-0.25, -0.2) is 8.78 Å². The molecule has 0 amide bonds. The van der Waals surface area contributed by atoms with Crippen LogP contribution in [0.4, 0.5) is 14.5 Å². The maximum Gasteiger partial charge on any atom is 0.123 e. The molecule has 1 fully saturated rings. The number of halogens is 2. The standard InChI is InChI=1S/C28H32F2N2O/c1-33-27-14-12-25(13-15-27)31-26-16-19-32(20-17-26)18-2-3-28(21-4-8-23(29)9-5-21)22-6-10-24(30)11-7-22/h4-15,26,28,31H,2-3,16-20H2,1H3. The molecule has 0 unspecified atom stereocenters. The van der Waals surface area contributed by atoms with Crippen molar-refractivity contribution in [2.24, 2.45) is 0 Å². The molecule has 0 radical (unpaired) electrons. The molecule has 5 heteroatoms. The molecule has 3 aromatic carbocycles. The lowest BCUT2D eigenvalue weighted by atomic mass is 9.87. The van der Waals surface area contributed by atoms with Gasteiger partial charge in [0.05, 0.1) is 7.11 Å². The number of likely N-dealkylation sites (tertiary alicyclic amines) is 1. The highest BCUT2D eigenvalue weighted by Gasteiger charge is 2.20. The molecule has 3 nitrogen and oxygen atoms in total. The summed E-state index contributed by atoms with van der Waals surface area (Å²) in [7, 11) is 1.68. The van der Waals surface area contributed by atoms with Crippen molar-refractivity contribution in [3.05, 3.63) is 95.6 Å². The second-order valence-corrected chi connectivity index (χ2v) is 8.79. The Kier molecular flexibility index (Phi) is 7.95. The van der Waals surface area contributed by atoms with Crippen LogP contribution in [0.25, 0.3) is 0 Å². The minimum absolute atomic E-state index is 0.139. The van der Waals surface area contributed by atoms with Crippen LogP contribution >= 0.6 is 0 Å². The first-order valence-electron chi connectivity index (χ1n) is 11.7. The number of nitrogens with zero attached hydrogens (tertiary/aromatic N) is 1. The smallest absolute Gasteiger partial charge is 0.123 e. The molecule has 1 aliphatic rings. The highest BCUT2D eigenvalue weighted by Crippen LogP contribution is 2.30. The van der Waals surface area contributed by atoms with Crippen LogP contribution in [0.5, 0.6) is 5.75 Å². The Morgan fingerprint density at radius 3 is 1.91 bits per heavy atom. The second kappa shape index (κ2) is 11.3. The van der Waals surface area contributed by atoms with Crippen molar-refractivity contribution in [3.63, 3.8) is 0 Å². The third-order valence-electron chi connectivity index (χ3n) is 6.56. The van der Waals surface area contributed by atoms with Gasteiger partial charge in [0.1, 0.15) is 17.4 Å². The maximum atomic E-state index is 13.4. The van der Waals surface area contributed by atoms with Crippen molar-refractivity contribution in [2.75, 3.05) is 32.1 Å². The fourth-order valence-corrected chi connectivity index (χ4v) is 4.66. The molecule has 1 aliphatic heterocycles. The normalized spacial score (nSPS) is 15.0. The van der Waals surface area contributed by atoms with Crippen LogP contribution in [0.2, 0.25) is 0 Å². The molecule has 174 valence electrons. The fourth-order valence-electron chi connectivity index (χ4n) is 4.66. The molecule has 1 heterocycles. The Morgan fingerprint density at radius 1 is 0.848 bits per heavy atom. The summed E-state index contributed by atoms with van der Waals surface area (Å²) in [6.07, 6.45) is 4.22. The number of piperidine rings is 1. The van der Waals surface area contributed by atoms with Crippen LogP contribution in [0.15, 0.2) is 72.8 Å². The first kappa shape index (κ1) is 23.2. The molecule has 0 bridgehead atoms. The zero-order valence-corrected chi connectivity index (χ0v) is 19.1. The van der Waals surface area contributed by atoms with E-state index >= 15 is 0 Å². The zero-order chi connectivity index (χ0) is 23.0. The summed E-state index contributed by atoms with van der Waals surface area (Å²) in [5.74, 6) is 0.542. The van der Waals surface area contributed by atoms with Crippen LogP contribution in [-0.2, 0) is 0 Å². The second-order valence-electron chi connectivity index (χ2n) is 8.79. The van der Waals surface area contributed by atoms with Crippen molar-refractivity contribution in [1.29, 1.82) is 0 Å². The van der Waals surface area contributed by atoms with E-state index in [4.69, 9.17) is 4.74 Å². The lowest BCUT2D eigenvalue weighted by molar-refractivity contribution is 0.214. The third-order valence-corrected chi connectivity index (χ3v) is 6.56. The molecule has 0 saturated carbocycles. The van der Waals surface area contributed by atoms with Gasteiger partial charge in [0, 0.05) is 30.7 Å². The third kappa shape index (κ3) is 6.55. The summed E-state index contributed by atoms with van der Waals surface area (Å²) in [5.41, 5.74) is 3.28. The molecule has 4 rings (SSSR count). The number of methoxy groups -OCH3 is 1. The van der Waals surface area contributed by atoms with Crippen LogP contribution in [0, 0.1) is 11.6 Å². The van der Waals surface area contributed by atoms with E-state index in [0.717, 1.165) is 67.9 Å². The van der Waals surface area contributed by atoms with Gasteiger partial charge in [-0.1, -0.05) is 24.3 Å². The molecular formula is C28H32F2N2O. The van der Waals surface area contributed by atoms with Crippen molar-refractivity contribution >= 4 is 5.69 Å². The largest absolute Gasteiger partial charge is 0.497 e. The number of hydrogen-bond acceptors (Lipinski definition) is 3. The number of anilines is 1. The predicted octanol–water partition coefficient (Wildman–Crippen LogP) is 6.46. The van der Waals surface area contributed by atoms with Gasteiger partial charge in [-0.05, 0) is 91.9 Å². The van der Waals surface area contributed by atoms with Gasteiger partial charge in [-0.3, -0.25) is 0 Å². The van der Waals surface area contributed by atoms with E-state index < -0.39 is 0 Å². The molecule has 0 aromatic heterocycles. The van der Waals surface area contributed by atoms with Crippen molar-refractivity contribution in [2.45, 2.75) is 37.6 Å². The summed E-state index contributed by atoms with van der Waals surface area (Å²) >= 11 is 0.